The van der Waals surface area contributed by atoms with E-state index in [1.165, 1.54) is 18.6 Å². The molecule has 0 unspecified atom stereocenters. The molecule has 0 atom stereocenters. The van der Waals surface area contributed by atoms with Crippen LogP contribution in [0.4, 0.5) is 15.8 Å². The molecule has 0 aromatic heterocycles. The Morgan fingerprint density at radius 1 is 0.833 bits per heavy atom. The summed E-state index contributed by atoms with van der Waals surface area (Å²) in [5, 5.41) is 5.55. The van der Waals surface area contributed by atoms with E-state index in [4.69, 9.17) is 0 Å². The van der Waals surface area contributed by atoms with Crippen LogP contribution < -0.4 is 10.6 Å². The van der Waals surface area contributed by atoms with E-state index >= 15 is 0 Å². The molecule has 0 bridgehead atoms. The van der Waals surface area contributed by atoms with E-state index in [2.05, 4.69) is 10.6 Å². The van der Waals surface area contributed by atoms with Crippen molar-refractivity contribution in [2.24, 2.45) is 11.8 Å². The molecule has 2 aliphatic rings. The summed E-state index contributed by atoms with van der Waals surface area (Å²) < 4.78 is 14.0. The van der Waals surface area contributed by atoms with Gasteiger partial charge in [0.1, 0.15) is 5.82 Å². The molecule has 5 heteroatoms. The SMILES string of the molecule is O=C(Nc1ccc(F)c(NC(=O)C2CCCCC2)c1)C1CCCC1. The molecular formula is C19H25FN2O2. The van der Waals surface area contributed by atoms with Crippen molar-refractivity contribution < 1.29 is 14.0 Å². The molecule has 2 saturated carbocycles. The lowest BCUT2D eigenvalue weighted by atomic mass is 9.88. The fraction of sp³-hybridized carbons (Fsp3) is 0.579. The summed E-state index contributed by atoms with van der Waals surface area (Å²) in [6, 6.07) is 4.35. The van der Waals surface area contributed by atoms with Crippen molar-refractivity contribution >= 4 is 23.2 Å². The zero-order valence-corrected chi connectivity index (χ0v) is 13.9. The number of rotatable bonds is 4. The van der Waals surface area contributed by atoms with Gasteiger partial charge in [-0.3, -0.25) is 9.59 Å². The molecule has 24 heavy (non-hydrogen) atoms. The Bertz CT molecular complexity index is 605. The largest absolute Gasteiger partial charge is 0.326 e. The average molecular weight is 332 g/mol. The lowest BCUT2D eigenvalue weighted by molar-refractivity contribution is -0.121. The number of anilines is 2. The minimum atomic E-state index is -0.474. The first kappa shape index (κ1) is 16.9. The predicted octanol–water partition coefficient (Wildman–Crippen LogP) is 4.47. The molecular weight excluding hydrogens is 307 g/mol. The summed E-state index contributed by atoms with van der Waals surface area (Å²) in [7, 11) is 0. The minimum Gasteiger partial charge on any atom is -0.326 e. The lowest BCUT2D eigenvalue weighted by Gasteiger charge is -2.21. The van der Waals surface area contributed by atoms with Gasteiger partial charge >= 0.3 is 0 Å². The zero-order valence-electron chi connectivity index (χ0n) is 13.9. The molecule has 2 fully saturated rings. The normalized spacial score (nSPS) is 19.2. The zero-order chi connectivity index (χ0) is 16.9. The Labute approximate surface area is 142 Å². The third-order valence-corrected chi connectivity index (χ3v) is 5.19. The Morgan fingerprint density at radius 2 is 1.38 bits per heavy atom. The highest BCUT2D eigenvalue weighted by molar-refractivity contribution is 5.95. The second kappa shape index (κ2) is 7.77. The van der Waals surface area contributed by atoms with Gasteiger partial charge in [-0.05, 0) is 43.9 Å². The van der Waals surface area contributed by atoms with Crippen molar-refractivity contribution in [2.75, 3.05) is 10.6 Å². The number of carbonyl (C=O) groups excluding carboxylic acids is 2. The Kier molecular flexibility index (Phi) is 5.48. The van der Waals surface area contributed by atoms with Crippen LogP contribution in [0.3, 0.4) is 0 Å². The van der Waals surface area contributed by atoms with Crippen molar-refractivity contribution in [2.45, 2.75) is 57.8 Å². The second-order valence-corrected chi connectivity index (χ2v) is 6.99. The summed E-state index contributed by atoms with van der Waals surface area (Å²) in [5.74, 6) is -0.584. The number of nitrogens with one attached hydrogen (secondary N) is 2. The van der Waals surface area contributed by atoms with Crippen LogP contribution in [0.15, 0.2) is 18.2 Å². The Morgan fingerprint density at radius 3 is 2.00 bits per heavy atom. The van der Waals surface area contributed by atoms with Crippen LogP contribution in [-0.2, 0) is 9.59 Å². The van der Waals surface area contributed by atoms with Gasteiger partial charge in [-0.2, -0.15) is 0 Å². The summed E-state index contributed by atoms with van der Waals surface area (Å²) in [6.07, 6.45) is 9.01. The van der Waals surface area contributed by atoms with Crippen molar-refractivity contribution in [1.29, 1.82) is 0 Å². The highest BCUT2D eigenvalue weighted by atomic mass is 19.1. The molecule has 0 saturated heterocycles. The minimum absolute atomic E-state index is 0.0105. The van der Waals surface area contributed by atoms with Crippen molar-refractivity contribution in [3.63, 3.8) is 0 Å². The van der Waals surface area contributed by atoms with E-state index in [0.717, 1.165) is 51.4 Å². The number of hydrogen-bond acceptors (Lipinski definition) is 2. The van der Waals surface area contributed by atoms with Gasteiger partial charge in [0.05, 0.1) is 5.69 Å². The summed E-state index contributed by atoms with van der Waals surface area (Å²) in [4.78, 5) is 24.5. The highest BCUT2D eigenvalue weighted by Gasteiger charge is 2.24. The molecule has 0 spiro atoms. The van der Waals surface area contributed by atoms with E-state index in [-0.39, 0.29) is 29.3 Å². The molecule has 0 radical (unpaired) electrons. The van der Waals surface area contributed by atoms with Gasteiger partial charge in [-0.1, -0.05) is 32.1 Å². The van der Waals surface area contributed by atoms with E-state index < -0.39 is 5.82 Å². The topological polar surface area (TPSA) is 58.2 Å². The van der Waals surface area contributed by atoms with E-state index in [1.807, 2.05) is 0 Å². The van der Waals surface area contributed by atoms with E-state index in [9.17, 15) is 14.0 Å². The number of halogens is 1. The smallest absolute Gasteiger partial charge is 0.227 e. The average Bonchev–Trinajstić information content (AvgIpc) is 3.13. The van der Waals surface area contributed by atoms with E-state index in [1.54, 1.807) is 6.07 Å². The van der Waals surface area contributed by atoms with Gasteiger partial charge < -0.3 is 10.6 Å². The van der Waals surface area contributed by atoms with Gasteiger partial charge in [0.25, 0.3) is 0 Å². The highest BCUT2D eigenvalue weighted by Crippen LogP contribution is 2.28. The fourth-order valence-corrected chi connectivity index (χ4v) is 3.73. The van der Waals surface area contributed by atoms with Crippen LogP contribution in [0.1, 0.15) is 57.8 Å². The summed E-state index contributed by atoms with van der Waals surface area (Å²) in [5.41, 5.74) is 0.682. The quantitative estimate of drug-likeness (QED) is 0.854. The number of amides is 2. The third kappa shape index (κ3) is 4.13. The third-order valence-electron chi connectivity index (χ3n) is 5.19. The van der Waals surface area contributed by atoms with Crippen molar-refractivity contribution in [1.82, 2.24) is 0 Å². The predicted molar refractivity (Wildman–Crippen MR) is 92.2 cm³/mol. The fourth-order valence-electron chi connectivity index (χ4n) is 3.73. The molecule has 1 aromatic rings. The molecule has 130 valence electrons. The van der Waals surface area contributed by atoms with Crippen LogP contribution >= 0.6 is 0 Å². The lowest BCUT2D eigenvalue weighted by Crippen LogP contribution is -2.25. The summed E-state index contributed by atoms with van der Waals surface area (Å²) in [6.45, 7) is 0. The Balaban J connectivity index is 1.64. The van der Waals surface area contributed by atoms with Gasteiger partial charge in [-0.15, -0.1) is 0 Å². The van der Waals surface area contributed by atoms with E-state index in [0.29, 0.717) is 5.69 Å². The van der Waals surface area contributed by atoms with Crippen molar-refractivity contribution in [3.05, 3.63) is 24.0 Å². The molecule has 0 aliphatic heterocycles. The molecule has 1 aromatic carbocycles. The van der Waals surface area contributed by atoms with Crippen LogP contribution in [0.2, 0.25) is 0 Å². The monoisotopic (exact) mass is 332 g/mol. The molecule has 0 heterocycles. The molecule has 2 N–H and O–H groups in total. The number of hydrogen-bond donors (Lipinski definition) is 2. The molecule has 4 nitrogen and oxygen atoms in total. The maximum atomic E-state index is 14.0. The molecule has 3 rings (SSSR count). The van der Waals surface area contributed by atoms with Crippen molar-refractivity contribution in [3.8, 4) is 0 Å². The first-order valence-corrected chi connectivity index (χ1v) is 9.05. The number of benzene rings is 1. The van der Waals surface area contributed by atoms with Crippen LogP contribution in [-0.4, -0.2) is 11.8 Å². The second-order valence-electron chi connectivity index (χ2n) is 6.99. The maximum Gasteiger partial charge on any atom is 0.227 e. The first-order valence-electron chi connectivity index (χ1n) is 9.05. The maximum absolute atomic E-state index is 14.0. The number of carbonyl (C=O) groups is 2. The van der Waals surface area contributed by atoms with Crippen LogP contribution in [0.5, 0.6) is 0 Å². The van der Waals surface area contributed by atoms with Gasteiger partial charge in [0.2, 0.25) is 11.8 Å². The van der Waals surface area contributed by atoms with Crippen LogP contribution in [0.25, 0.3) is 0 Å². The van der Waals surface area contributed by atoms with Gasteiger partial charge in [0, 0.05) is 17.5 Å². The first-order chi connectivity index (χ1) is 11.6. The van der Waals surface area contributed by atoms with Gasteiger partial charge in [-0.25, -0.2) is 4.39 Å². The van der Waals surface area contributed by atoms with Crippen LogP contribution in [0, 0.1) is 17.7 Å². The molecule has 2 amide bonds. The summed E-state index contributed by atoms with van der Waals surface area (Å²) >= 11 is 0. The van der Waals surface area contributed by atoms with Gasteiger partial charge in [0.15, 0.2) is 0 Å². The molecule has 2 aliphatic carbocycles. The standard InChI is InChI=1S/C19H25FN2O2/c20-16-11-10-15(21-18(23)13-8-4-5-9-13)12-17(16)22-19(24)14-6-2-1-3-7-14/h10-14H,1-9H2,(H,21,23)(H,22,24). The Hall–Kier alpha value is -1.91.